The summed E-state index contributed by atoms with van der Waals surface area (Å²) in [7, 11) is -1.97. The van der Waals surface area contributed by atoms with Crippen molar-refractivity contribution in [1.82, 2.24) is 9.88 Å². The third-order valence-corrected chi connectivity index (χ3v) is 7.95. The van der Waals surface area contributed by atoms with Gasteiger partial charge in [0.25, 0.3) is 0 Å². The molecule has 7 heteroatoms. The second-order valence-corrected chi connectivity index (χ2v) is 12.0. The molecule has 2 atom stereocenters. The minimum atomic E-state index is -1.97. The van der Waals surface area contributed by atoms with Gasteiger partial charge in [-0.1, -0.05) is 51.1 Å². The fraction of sp³-hybridized carbons (Fsp3) is 0.526. The lowest BCUT2D eigenvalue weighted by molar-refractivity contribution is -0.179. The summed E-state index contributed by atoms with van der Waals surface area (Å²) >= 11 is 0. The van der Waals surface area contributed by atoms with Crippen LogP contribution in [0.25, 0.3) is 11.1 Å². The van der Waals surface area contributed by atoms with E-state index in [1.54, 1.807) is 4.57 Å². The van der Waals surface area contributed by atoms with Crippen LogP contribution in [-0.2, 0) is 19.1 Å². The van der Waals surface area contributed by atoms with Gasteiger partial charge in [-0.25, -0.2) is 0 Å². The molecule has 0 aromatic heterocycles. The largest absolute Gasteiger partial charge is 0.440 e. The summed E-state index contributed by atoms with van der Waals surface area (Å²) in [6.45, 7) is 8.93. The zero-order valence-corrected chi connectivity index (χ0v) is 17.2. The lowest BCUT2D eigenvalue weighted by atomic mass is 10.1. The van der Waals surface area contributed by atoms with Gasteiger partial charge in [0.15, 0.2) is 20.5 Å². The molecule has 0 saturated carbocycles. The number of ether oxygens (including phenoxy) is 1. The van der Waals surface area contributed by atoms with Gasteiger partial charge < -0.3 is 14.6 Å². The number of β-lactam (4-membered cyclic amide) rings is 1. The monoisotopic (exact) mass is 376 g/mol. The summed E-state index contributed by atoms with van der Waals surface area (Å²) in [4.78, 5) is 34.6. The number of nitrogens with one attached hydrogen (secondary N) is 1. The SMILES string of the molecule is CCCC[Si](C)(C)N1C(=O)C(NC(C)=O)C1OC(C)=O.c1cc2cc-2c1. The van der Waals surface area contributed by atoms with Gasteiger partial charge in [-0.15, -0.1) is 0 Å². The maximum atomic E-state index is 12.3. The predicted octanol–water partition coefficient (Wildman–Crippen LogP) is 2.89. The summed E-state index contributed by atoms with van der Waals surface area (Å²) in [5.74, 6) is -0.879. The van der Waals surface area contributed by atoms with E-state index >= 15 is 0 Å². The molecule has 0 radical (unpaired) electrons. The minimum Gasteiger partial charge on any atom is -0.440 e. The van der Waals surface area contributed by atoms with E-state index in [9.17, 15) is 14.4 Å². The number of hydrogen-bond acceptors (Lipinski definition) is 4. The van der Waals surface area contributed by atoms with Crippen molar-refractivity contribution >= 4 is 26.0 Å². The number of unbranched alkanes of at least 4 members (excludes halogenated alkanes) is 1. The molecule has 6 nitrogen and oxygen atoms in total. The van der Waals surface area contributed by atoms with Crippen LogP contribution in [0.2, 0.25) is 19.1 Å². The normalized spacial score (nSPS) is 19.7. The summed E-state index contributed by atoms with van der Waals surface area (Å²) in [5.41, 5.74) is 2.85. The molecule has 26 heavy (non-hydrogen) atoms. The number of nitrogens with zero attached hydrogens (tertiary/aromatic N) is 1. The molecule has 1 saturated heterocycles. The minimum absolute atomic E-state index is 0.140. The fourth-order valence-electron chi connectivity index (χ4n) is 3.16. The van der Waals surface area contributed by atoms with Gasteiger partial charge in [0, 0.05) is 13.8 Å². The number of fused-ring (bicyclic) bond motifs is 1. The standard InChI is InChI=1S/C13H24N2O4Si.C6H4/c1-6-7-8-20(4,5)15-12(18)11(14-9(2)16)13(15)19-10(3)17;1-2-5-4-6(5)3-1/h11,13H,6-8H2,1-5H3,(H,14,16);1-4H. The third-order valence-electron chi connectivity index (χ3n) is 4.60. The topological polar surface area (TPSA) is 75.7 Å². The highest BCUT2D eigenvalue weighted by molar-refractivity contribution is 6.77. The molecule has 2 amide bonds. The maximum absolute atomic E-state index is 12.3. The predicted molar refractivity (Wildman–Crippen MR) is 103 cm³/mol. The van der Waals surface area contributed by atoms with Crippen LogP contribution in [0.5, 0.6) is 0 Å². The van der Waals surface area contributed by atoms with Crippen molar-refractivity contribution in [3.63, 3.8) is 0 Å². The molecule has 0 aromatic carbocycles. The summed E-state index contributed by atoms with van der Waals surface area (Å²) in [5, 5.41) is 2.56. The number of rotatable bonds is 6. The number of carbonyl (C=O) groups is 3. The van der Waals surface area contributed by atoms with Crippen LogP contribution in [0.3, 0.4) is 0 Å². The molecular formula is C19H28N2O4Si. The van der Waals surface area contributed by atoms with Gasteiger partial charge in [-0.2, -0.15) is 0 Å². The number of carbonyl (C=O) groups excluding carboxylic acids is 3. The fourth-order valence-corrected chi connectivity index (χ4v) is 6.24. The molecule has 2 unspecified atom stereocenters. The first kappa shape index (κ1) is 20.2. The number of hydrogen-bond donors (Lipinski definition) is 1. The van der Waals surface area contributed by atoms with E-state index in [1.165, 1.54) is 25.0 Å². The lowest BCUT2D eigenvalue weighted by Crippen LogP contribution is -2.77. The van der Waals surface area contributed by atoms with Gasteiger partial charge in [-0.05, 0) is 23.2 Å². The van der Waals surface area contributed by atoms with E-state index in [0.29, 0.717) is 0 Å². The second-order valence-electron chi connectivity index (χ2n) is 7.38. The van der Waals surface area contributed by atoms with Crippen molar-refractivity contribution in [2.75, 3.05) is 0 Å². The maximum Gasteiger partial charge on any atom is 0.304 e. The Labute approximate surface area is 156 Å². The highest BCUT2D eigenvalue weighted by Gasteiger charge is 2.56. The first-order valence-corrected chi connectivity index (χ1v) is 12.2. The highest BCUT2D eigenvalue weighted by Crippen LogP contribution is 2.33. The summed E-state index contributed by atoms with van der Waals surface area (Å²) < 4.78 is 6.93. The van der Waals surface area contributed by atoms with Crippen molar-refractivity contribution in [3.05, 3.63) is 24.3 Å². The number of benzene rings is 1. The average molecular weight is 377 g/mol. The number of amides is 2. The first-order valence-electron chi connectivity index (χ1n) is 9.05. The summed E-state index contributed by atoms with van der Waals surface area (Å²) in [6.07, 6.45) is 1.45. The van der Waals surface area contributed by atoms with Crippen LogP contribution in [-0.4, -0.2) is 42.9 Å². The van der Waals surface area contributed by atoms with Crippen LogP contribution >= 0.6 is 0 Å². The Bertz CT molecular complexity index is 687. The molecule has 0 bridgehead atoms. The molecular weight excluding hydrogens is 348 g/mol. The van der Waals surface area contributed by atoms with Crippen molar-refractivity contribution in [1.29, 1.82) is 0 Å². The van der Waals surface area contributed by atoms with Crippen LogP contribution in [0.1, 0.15) is 33.6 Å². The quantitative estimate of drug-likeness (QED) is 0.478. The Morgan fingerprint density at radius 3 is 2.23 bits per heavy atom. The van der Waals surface area contributed by atoms with Crippen molar-refractivity contribution in [2.24, 2.45) is 0 Å². The average Bonchev–Trinajstić information content (AvgIpc) is 3.15. The molecule has 2 aliphatic carbocycles. The van der Waals surface area contributed by atoms with Gasteiger partial charge in [0.2, 0.25) is 11.8 Å². The molecule has 1 N–H and O–H groups in total. The lowest BCUT2D eigenvalue weighted by Gasteiger charge is -2.53. The zero-order valence-electron chi connectivity index (χ0n) is 16.2. The molecule has 142 valence electrons. The zero-order chi connectivity index (χ0) is 19.5. The number of esters is 1. The third kappa shape index (κ3) is 4.72. The molecule has 1 aliphatic heterocycles. The van der Waals surface area contributed by atoms with Gasteiger partial charge >= 0.3 is 5.97 Å². The van der Waals surface area contributed by atoms with E-state index < -0.39 is 26.5 Å². The van der Waals surface area contributed by atoms with Crippen molar-refractivity contribution < 1.29 is 19.1 Å². The van der Waals surface area contributed by atoms with E-state index in [1.807, 2.05) is 0 Å². The Kier molecular flexibility index (Phi) is 6.23. The first-order chi connectivity index (χ1) is 12.2. The molecule has 1 fully saturated rings. The van der Waals surface area contributed by atoms with Crippen LogP contribution < -0.4 is 5.32 Å². The highest BCUT2D eigenvalue weighted by atomic mass is 28.3. The van der Waals surface area contributed by atoms with Crippen LogP contribution in [0.15, 0.2) is 24.3 Å². The van der Waals surface area contributed by atoms with Gasteiger partial charge in [-0.3, -0.25) is 14.4 Å². The van der Waals surface area contributed by atoms with Gasteiger partial charge in [0.05, 0.1) is 0 Å². The second kappa shape index (κ2) is 8.03. The van der Waals surface area contributed by atoms with E-state index in [0.717, 1.165) is 18.9 Å². The Balaban J connectivity index is 0.000000331. The molecule has 3 aliphatic rings. The van der Waals surface area contributed by atoms with Crippen molar-refractivity contribution in [2.45, 2.75) is 65.0 Å². The molecule has 0 spiro atoms. The van der Waals surface area contributed by atoms with E-state index in [4.69, 9.17) is 4.74 Å². The van der Waals surface area contributed by atoms with Gasteiger partial charge in [0.1, 0.15) is 0 Å². The molecule has 0 aromatic rings. The smallest absolute Gasteiger partial charge is 0.304 e. The van der Waals surface area contributed by atoms with Crippen LogP contribution in [0.4, 0.5) is 0 Å². The Morgan fingerprint density at radius 2 is 1.85 bits per heavy atom. The van der Waals surface area contributed by atoms with E-state index in [2.05, 4.69) is 49.6 Å². The molecule has 3 rings (SSSR count). The van der Waals surface area contributed by atoms with Crippen molar-refractivity contribution in [3.8, 4) is 11.1 Å². The Hall–Kier alpha value is -2.15. The summed E-state index contributed by atoms with van der Waals surface area (Å²) in [6, 6.07) is 8.71. The van der Waals surface area contributed by atoms with E-state index in [-0.39, 0.29) is 11.8 Å². The molecule has 1 heterocycles. The Morgan fingerprint density at radius 1 is 1.23 bits per heavy atom. The van der Waals surface area contributed by atoms with Crippen LogP contribution in [0, 0.1) is 0 Å².